The number of rotatable bonds is 5. The van der Waals surface area contributed by atoms with Crippen LogP contribution in [0.2, 0.25) is 0 Å². The summed E-state index contributed by atoms with van der Waals surface area (Å²) in [4.78, 5) is 13.7. The first-order valence-corrected chi connectivity index (χ1v) is 6.05. The summed E-state index contributed by atoms with van der Waals surface area (Å²) in [5, 5.41) is 6.13. The van der Waals surface area contributed by atoms with Gasteiger partial charge in [0.2, 0.25) is 5.91 Å². The average molecular weight is 227 g/mol. The number of nitrogens with one attached hydrogen (secondary N) is 2. The minimum Gasteiger partial charge on any atom is -0.376 e. The van der Waals surface area contributed by atoms with Gasteiger partial charge in [0.25, 0.3) is 0 Å². The molecule has 0 aliphatic carbocycles. The second kappa shape index (κ2) is 5.61. The molecule has 1 amide bonds. The molecule has 1 unspecified atom stereocenters. The maximum Gasteiger partial charge on any atom is 0.234 e. The van der Waals surface area contributed by atoms with Crippen molar-refractivity contribution in [3.05, 3.63) is 0 Å². The molecule has 2 heterocycles. The van der Waals surface area contributed by atoms with Gasteiger partial charge < -0.3 is 15.4 Å². The molecule has 0 radical (unpaired) electrons. The van der Waals surface area contributed by atoms with E-state index in [9.17, 15) is 4.79 Å². The van der Waals surface area contributed by atoms with Crippen molar-refractivity contribution in [3.8, 4) is 0 Å². The molecule has 2 aliphatic rings. The normalized spacial score (nSPS) is 25.8. The molecule has 1 atom stereocenters. The fourth-order valence-corrected chi connectivity index (χ4v) is 2.03. The van der Waals surface area contributed by atoms with E-state index in [1.54, 1.807) is 0 Å². The Balaban J connectivity index is 1.59. The fraction of sp³-hybridized carbons (Fsp3) is 0.909. The predicted octanol–water partition coefficient (Wildman–Crippen LogP) is -0.815. The highest BCUT2D eigenvalue weighted by atomic mass is 16.5. The maximum absolute atomic E-state index is 11.6. The Kier molecular flexibility index (Phi) is 4.15. The van der Waals surface area contributed by atoms with Crippen LogP contribution in [-0.4, -0.2) is 62.8 Å². The maximum atomic E-state index is 11.6. The van der Waals surface area contributed by atoms with E-state index < -0.39 is 0 Å². The lowest BCUT2D eigenvalue weighted by Crippen LogP contribution is -2.57. The number of hydrogen-bond acceptors (Lipinski definition) is 4. The van der Waals surface area contributed by atoms with Crippen molar-refractivity contribution in [1.82, 2.24) is 15.5 Å². The van der Waals surface area contributed by atoms with Crippen LogP contribution in [0.1, 0.15) is 12.8 Å². The van der Waals surface area contributed by atoms with Crippen LogP contribution < -0.4 is 10.6 Å². The molecule has 16 heavy (non-hydrogen) atoms. The van der Waals surface area contributed by atoms with Gasteiger partial charge in [-0.1, -0.05) is 0 Å². The minimum absolute atomic E-state index is 0.102. The molecule has 5 heteroatoms. The van der Waals surface area contributed by atoms with Crippen molar-refractivity contribution >= 4 is 5.91 Å². The van der Waals surface area contributed by atoms with Gasteiger partial charge in [-0.15, -0.1) is 0 Å². The Labute approximate surface area is 96.5 Å². The van der Waals surface area contributed by atoms with E-state index >= 15 is 0 Å². The molecule has 0 saturated carbocycles. The standard InChI is InChI=1S/C11H21N3O2/c1-14(9-5-12-6-9)8-11(15)13-7-10-3-2-4-16-10/h9-10,12H,2-8H2,1H3,(H,13,15). The fourth-order valence-electron chi connectivity index (χ4n) is 2.03. The van der Waals surface area contributed by atoms with Gasteiger partial charge in [-0.05, 0) is 19.9 Å². The second-order valence-electron chi connectivity index (χ2n) is 4.67. The van der Waals surface area contributed by atoms with E-state index in [1.165, 1.54) is 0 Å². The second-order valence-corrected chi connectivity index (χ2v) is 4.67. The van der Waals surface area contributed by atoms with Crippen molar-refractivity contribution < 1.29 is 9.53 Å². The summed E-state index contributed by atoms with van der Waals surface area (Å²) in [5.41, 5.74) is 0. The summed E-state index contributed by atoms with van der Waals surface area (Å²) >= 11 is 0. The van der Waals surface area contributed by atoms with E-state index in [-0.39, 0.29) is 12.0 Å². The number of carbonyl (C=O) groups is 1. The Hall–Kier alpha value is -0.650. The third-order valence-corrected chi connectivity index (χ3v) is 3.33. The molecule has 2 N–H and O–H groups in total. The van der Waals surface area contributed by atoms with Gasteiger partial charge in [0.15, 0.2) is 0 Å². The number of amides is 1. The number of nitrogens with zero attached hydrogens (tertiary/aromatic N) is 1. The largest absolute Gasteiger partial charge is 0.376 e. The van der Waals surface area contributed by atoms with Crippen LogP contribution in [-0.2, 0) is 9.53 Å². The molecule has 0 aromatic heterocycles. The SMILES string of the molecule is CN(CC(=O)NCC1CCCO1)C1CNC1. The lowest BCUT2D eigenvalue weighted by molar-refractivity contribution is -0.123. The van der Waals surface area contributed by atoms with E-state index in [0.717, 1.165) is 32.5 Å². The molecule has 2 aliphatic heterocycles. The molecule has 2 fully saturated rings. The molecule has 0 aromatic carbocycles. The third-order valence-electron chi connectivity index (χ3n) is 3.33. The topological polar surface area (TPSA) is 53.6 Å². The summed E-state index contributed by atoms with van der Waals surface area (Å²) in [6.07, 6.45) is 2.43. The molecule has 0 spiro atoms. The molecule has 0 bridgehead atoms. The Morgan fingerprint density at radius 1 is 1.56 bits per heavy atom. The summed E-state index contributed by atoms with van der Waals surface area (Å²) in [5.74, 6) is 0.102. The number of likely N-dealkylation sites (N-methyl/N-ethyl adjacent to an activating group) is 1. The highest BCUT2D eigenvalue weighted by molar-refractivity contribution is 5.78. The average Bonchev–Trinajstić information content (AvgIpc) is 2.63. The predicted molar refractivity (Wildman–Crippen MR) is 61.3 cm³/mol. The van der Waals surface area contributed by atoms with Crippen molar-refractivity contribution in [2.75, 3.05) is 39.8 Å². The summed E-state index contributed by atoms with van der Waals surface area (Å²) in [6.45, 7) is 3.98. The van der Waals surface area contributed by atoms with Gasteiger partial charge in [-0.3, -0.25) is 9.69 Å². The van der Waals surface area contributed by atoms with Crippen molar-refractivity contribution in [3.63, 3.8) is 0 Å². The molecule has 2 saturated heterocycles. The molecule has 2 rings (SSSR count). The summed E-state index contributed by atoms with van der Waals surface area (Å²) in [7, 11) is 2.00. The summed E-state index contributed by atoms with van der Waals surface area (Å²) < 4.78 is 5.45. The van der Waals surface area contributed by atoms with Crippen LogP contribution >= 0.6 is 0 Å². The van der Waals surface area contributed by atoms with Crippen LogP contribution in [0.4, 0.5) is 0 Å². The first-order valence-electron chi connectivity index (χ1n) is 6.05. The lowest BCUT2D eigenvalue weighted by atomic mass is 10.1. The zero-order chi connectivity index (χ0) is 11.4. The van der Waals surface area contributed by atoms with Crippen molar-refractivity contribution in [2.45, 2.75) is 25.0 Å². The molecular formula is C11H21N3O2. The molecule has 92 valence electrons. The van der Waals surface area contributed by atoms with Crippen LogP contribution in [0.3, 0.4) is 0 Å². The molecule has 0 aromatic rings. The van der Waals surface area contributed by atoms with Gasteiger partial charge in [0.05, 0.1) is 12.6 Å². The highest BCUT2D eigenvalue weighted by Crippen LogP contribution is 2.10. The first-order chi connectivity index (χ1) is 7.75. The Morgan fingerprint density at radius 3 is 2.94 bits per heavy atom. The van der Waals surface area contributed by atoms with Crippen molar-refractivity contribution in [2.24, 2.45) is 0 Å². The van der Waals surface area contributed by atoms with Crippen LogP contribution in [0, 0.1) is 0 Å². The zero-order valence-electron chi connectivity index (χ0n) is 9.87. The number of hydrogen-bond donors (Lipinski definition) is 2. The van der Waals surface area contributed by atoms with Gasteiger partial charge >= 0.3 is 0 Å². The van der Waals surface area contributed by atoms with Gasteiger partial charge in [0.1, 0.15) is 0 Å². The zero-order valence-corrected chi connectivity index (χ0v) is 9.87. The smallest absolute Gasteiger partial charge is 0.234 e. The van der Waals surface area contributed by atoms with Crippen LogP contribution in [0.5, 0.6) is 0 Å². The monoisotopic (exact) mass is 227 g/mol. The highest BCUT2D eigenvalue weighted by Gasteiger charge is 2.23. The van der Waals surface area contributed by atoms with Gasteiger partial charge in [-0.2, -0.15) is 0 Å². The molecule has 5 nitrogen and oxygen atoms in total. The number of carbonyl (C=O) groups excluding carboxylic acids is 1. The third kappa shape index (κ3) is 3.17. The van der Waals surface area contributed by atoms with Crippen LogP contribution in [0.25, 0.3) is 0 Å². The summed E-state index contributed by atoms with van der Waals surface area (Å²) in [6, 6.07) is 0.522. The van der Waals surface area contributed by atoms with E-state index in [4.69, 9.17) is 4.74 Å². The Bertz CT molecular complexity index is 237. The molecular weight excluding hydrogens is 206 g/mol. The van der Waals surface area contributed by atoms with Gasteiger partial charge in [0, 0.05) is 32.3 Å². The van der Waals surface area contributed by atoms with Crippen LogP contribution in [0.15, 0.2) is 0 Å². The first kappa shape index (κ1) is 11.8. The Morgan fingerprint density at radius 2 is 2.38 bits per heavy atom. The minimum atomic E-state index is 0.102. The lowest BCUT2D eigenvalue weighted by Gasteiger charge is -2.35. The van der Waals surface area contributed by atoms with Gasteiger partial charge in [-0.25, -0.2) is 0 Å². The number of ether oxygens (including phenoxy) is 1. The van der Waals surface area contributed by atoms with E-state index in [1.807, 2.05) is 7.05 Å². The van der Waals surface area contributed by atoms with E-state index in [0.29, 0.717) is 19.1 Å². The van der Waals surface area contributed by atoms with E-state index in [2.05, 4.69) is 15.5 Å². The quantitative estimate of drug-likeness (QED) is 0.645. The van der Waals surface area contributed by atoms with Crippen molar-refractivity contribution in [1.29, 1.82) is 0 Å².